The Kier molecular flexibility index (Phi) is 3.59. The van der Waals surface area contributed by atoms with Gasteiger partial charge in [0.05, 0.1) is 13.1 Å². The molecule has 0 radical (unpaired) electrons. The summed E-state index contributed by atoms with van der Waals surface area (Å²) in [5.41, 5.74) is 0.109. The van der Waals surface area contributed by atoms with Gasteiger partial charge in [-0.25, -0.2) is 9.97 Å². The second kappa shape index (κ2) is 4.98. The van der Waals surface area contributed by atoms with Crippen LogP contribution in [0.4, 0.5) is 0 Å². The number of imidazole rings is 1. The minimum atomic E-state index is 0.109. The van der Waals surface area contributed by atoms with Gasteiger partial charge in [-0.3, -0.25) is 0 Å². The molecule has 0 bridgehead atoms. The van der Waals surface area contributed by atoms with Crippen LogP contribution in [0.25, 0.3) is 0 Å². The molecular weight excluding hydrogens is 232 g/mol. The van der Waals surface area contributed by atoms with E-state index in [1.165, 1.54) is 0 Å². The summed E-state index contributed by atoms with van der Waals surface area (Å²) >= 11 is 1.67. The fraction of sp³-hybridized carbons (Fsp3) is 0.500. The molecule has 0 amide bonds. The molecule has 0 fully saturated rings. The molecule has 0 atom stereocenters. The second-order valence-corrected chi connectivity index (χ2v) is 5.98. The van der Waals surface area contributed by atoms with E-state index in [0.717, 1.165) is 23.9 Å². The Morgan fingerprint density at radius 1 is 1.29 bits per heavy atom. The largest absolute Gasteiger partial charge is 0.327 e. The van der Waals surface area contributed by atoms with E-state index in [4.69, 9.17) is 0 Å². The van der Waals surface area contributed by atoms with E-state index in [0.29, 0.717) is 0 Å². The highest BCUT2D eigenvalue weighted by molar-refractivity contribution is 7.09. The molecule has 0 unspecified atom stereocenters. The highest BCUT2D eigenvalue weighted by Crippen LogP contribution is 2.09. The van der Waals surface area contributed by atoms with Crippen molar-refractivity contribution in [3.05, 3.63) is 34.8 Å². The minimum absolute atomic E-state index is 0.109. The summed E-state index contributed by atoms with van der Waals surface area (Å²) in [6.45, 7) is 8.05. The Labute approximate surface area is 106 Å². The summed E-state index contributed by atoms with van der Waals surface area (Å²) in [5.74, 6) is 1.05. The van der Waals surface area contributed by atoms with Crippen molar-refractivity contribution in [3.63, 3.8) is 0 Å². The van der Waals surface area contributed by atoms with Gasteiger partial charge in [-0.1, -0.05) is 0 Å². The quantitative estimate of drug-likeness (QED) is 0.905. The first kappa shape index (κ1) is 12.3. The molecule has 17 heavy (non-hydrogen) atoms. The Bertz CT molecular complexity index is 453. The average molecular weight is 250 g/mol. The summed E-state index contributed by atoms with van der Waals surface area (Å²) in [6, 6.07) is 0. The molecule has 2 rings (SSSR count). The number of hydrogen-bond acceptors (Lipinski definition) is 4. The fourth-order valence-corrected chi connectivity index (χ4v) is 2.09. The van der Waals surface area contributed by atoms with E-state index in [2.05, 4.69) is 40.6 Å². The second-order valence-electron chi connectivity index (χ2n) is 5.00. The van der Waals surface area contributed by atoms with E-state index in [1.807, 2.05) is 24.0 Å². The zero-order valence-electron chi connectivity index (χ0n) is 10.5. The Hall–Kier alpha value is -1.20. The van der Waals surface area contributed by atoms with E-state index < -0.39 is 0 Å². The van der Waals surface area contributed by atoms with Crippen molar-refractivity contribution in [1.82, 2.24) is 19.9 Å². The van der Waals surface area contributed by atoms with Gasteiger partial charge in [0.15, 0.2) is 0 Å². The van der Waals surface area contributed by atoms with Gasteiger partial charge in [-0.05, 0) is 20.8 Å². The summed E-state index contributed by atoms with van der Waals surface area (Å²) in [6.07, 6.45) is 5.68. The predicted molar refractivity (Wildman–Crippen MR) is 70.0 cm³/mol. The van der Waals surface area contributed by atoms with Gasteiger partial charge in [0.25, 0.3) is 0 Å². The highest BCUT2D eigenvalue weighted by Gasteiger charge is 2.11. The van der Waals surface area contributed by atoms with Crippen molar-refractivity contribution < 1.29 is 0 Å². The van der Waals surface area contributed by atoms with Crippen LogP contribution in [0.2, 0.25) is 0 Å². The number of aromatic nitrogens is 3. The summed E-state index contributed by atoms with van der Waals surface area (Å²) in [5, 5.41) is 6.55. The molecule has 1 N–H and O–H groups in total. The first-order valence-corrected chi connectivity index (χ1v) is 6.56. The average Bonchev–Trinajstić information content (AvgIpc) is 2.86. The highest BCUT2D eigenvalue weighted by atomic mass is 32.1. The standard InChI is InChI=1S/C12H18N4S/c1-12(2,3)15-8-10-13-4-6-16(10)9-11-14-5-7-17-11/h4-7,15H,8-9H2,1-3H3. The zero-order chi connectivity index (χ0) is 12.3. The fourth-order valence-electron chi connectivity index (χ4n) is 1.47. The summed E-state index contributed by atoms with van der Waals surface area (Å²) < 4.78 is 2.14. The molecule has 0 saturated carbocycles. The summed E-state index contributed by atoms with van der Waals surface area (Å²) in [7, 11) is 0. The van der Waals surface area contributed by atoms with Crippen molar-refractivity contribution in [2.45, 2.75) is 39.4 Å². The van der Waals surface area contributed by atoms with Gasteiger partial charge in [0.1, 0.15) is 10.8 Å². The van der Waals surface area contributed by atoms with Crippen molar-refractivity contribution in [1.29, 1.82) is 0 Å². The molecule has 0 aromatic carbocycles. The molecule has 2 aromatic heterocycles. The molecule has 0 aliphatic rings. The third-order valence-corrected chi connectivity index (χ3v) is 3.13. The molecule has 92 valence electrons. The maximum absolute atomic E-state index is 4.38. The van der Waals surface area contributed by atoms with E-state index >= 15 is 0 Å². The first-order valence-electron chi connectivity index (χ1n) is 5.68. The van der Waals surface area contributed by atoms with Gasteiger partial charge < -0.3 is 9.88 Å². The maximum Gasteiger partial charge on any atom is 0.123 e. The normalized spacial score (nSPS) is 11.9. The number of hydrogen-bond donors (Lipinski definition) is 1. The number of nitrogens with zero attached hydrogens (tertiary/aromatic N) is 3. The molecule has 0 saturated heterocycles. The van der Waals surface area contributed by atoms with Crippen LogP contribution in [0, 0.1) is 0 Å². The van der Waals surface area contributed by atoms with Crippen LogP contribution >= 0.6 is 11.3 Å². The monoisotopic (exact) mass is 250 g/mol. The SMILES string of the molecule is CC(C)(C)NCc1nccn1Cc1nccs1. The Balaban J connectivity index is 2.02. The zero-order valence-corrected chi connectivity index (χ0v) is 11.3. The van der Waals surface area contributed by atoms with Gasteiger partial charge in [-0.2, -0.15) is 0 Å². The van der Waals surface area contributed by atoms with Gasteiger partial charge in [-0.15, -0.1) is 11.3 Å². The number of thiazole rings is 1. The van der Waals surface area contributed by atoms with Crippen LogP contribution in [0.3, 0.4) is 0 Å². The third-order valence-electron chi connectivity index (χ3n) is 2.37. The minimum Gasteiger partial charge on any atom is -0.327 e. The van der Waals surface area contributed by atoms with E-state index in [9.17, 15) is 0 Å². The van der Waals surface area contributed by atoms with Crippen LogP contribution < -0.4 is 5.32 Å². The molecule has 2 aromatic rings. The Morgan fingerprint density at radius 3 is 2.76 bits per heavy atom. The molecular formula is C12H18N4S. The topological polar surface area (TPSA) is 42.7 Å². The molecule has 5 heteroatoms. The number of nitrogens with one attached hydrogen (secondary N) is 1. The van der Waals surface area contributed by atoms with Crippen molar-refractivity contribution >= 4 is 11.3 Å². The lowest BCUT2D eigenvalue weighted by molar-refractivity contribution is 0.413. The molecule has 0 spiro atoms. The maximum atomic E-state index is 4.38. The molecule has 0 aliphatic heterocycles. The van der Waals surface area contributed by atoms with Gasteiger partial charge in [0, 0.05) is 29.5 Å². The van der Waals surface area contributed by atoms with Crippen molar-refractivity contribution in [2.24, 2.45) is 0 Å². The smallest absolute Gasteiger partial charge is 0.123 e. The lowest BCUT2D eigenvalue weighted by Crippen LogP contribution is -2.35. The van der Waals surface area contributed by atoms with Crippen molar-refractivity contribution in [3.8, 4) is 0 Å². The van der Waals surface area contributed by atoms with Crippen LogP contribution in [-0.4, -0.2) is 20.1 Å². The first-order chi connectivity index (χ1) is 8.04. The predicted octanol–water partition coefficient (Wildman–Crippen LogP) is 2.28. The van der Waals surface area contributed by atoms with Crippen LogP contribution in [0.1, 0.15) is 31.6 Å². The molecule has 4 nitrogen and oxygen atoms in total. The lowest BCUT2D eigenvalue weighted by atomic mass is 10.1. The van der Waals surface area contributed by atoms with E-state index in [-0.39, 0.29) is 5.54 Å². The van der Waals surface area contributed by atoms with E-state index in [1.54, 1.807) is 11.3 Å². The van der Waals surface area contributed by atoms with Gasteiger partial charge >= 0.3 is 0 Å². The summed E-state index contributed by atoms with van der Waals surface area (Å²) in [4.78, 5) is 8.67. The van der Waals surface area contributed by atoms with Crippen LogP contribution in [0.5, 0.6) is 0 Å². The van der Waals surface area contributed by atoms with Crippen molar-refractivity contribution in [2.75, 3.05) is 0 Å². The van der Waals surface area contributed by atoms with Crippen LogP contribution in [0.15, 0.2) is 24.0 Å². The Morgan fingerprint density at radius 2 is 2.12 bits per heavy atom. The third kappa shape index (κ3) is 3.64. The number of rotatable bonds is 4. The molecule has 0 aliphatic carbocycles. The lowest BCUT2D eigenvalue weighted by Gasteiger charge is -2.20. The molecule has 2 heterocycles. The van der Waals surface area contributed by atoms with Crippen LogP contribution in [-0.2, 0) is 13.1 Å². The van der Waals surface area contributed by atoms with Gasteiger partial charge in [0.2, 0.25) is 0 Å².